The van der Waals surface area contributed by atoms with Gasteiger partial charge in [-0.2, -0.15) is 4.31 Å². The van der Waals surface area contributed by atoms with Crippen molar-refractivity contribution >= 4 is 15.6 Å². The Labute approximate surface area is 166 Å². The van der Waals surface area contributed by atoms with Crippen molar-refractivity contribution in [1.29, 1.82) is 0 Å². The summed E-state index contributed by atoms with van der Waals surface area (Å²) in [6.07, 6.45) is 7.73. The normalized spacial score (nSPS) is 14.8. The molecule has 0 aromatic heterocycles. The third-order valence-electron chi connectivity index (χ3n) is 3.85. The maximum absolute atomic E-state index is 11.3. The zero-order valence-electron chi connectivity index (χ0n) is 16.1. The number of allylic oxidation sites excluding steroid dienone is 1. The monoisotopic (exact) mass is 436 g/mol. The van der Waals surface area contributed by atoms with Crippen LogP contribution in [0.5, 0.6) is 0 Å². The quantitative estimate of drug-likeness (QED) is 0.205. The molecular formula is C18H30O8P2. The van der Waals surface area contributed by atoms with Crippen LogP contribution in [0.1, 0.15) is 51.0 Å². The molecule has 0 saturated carbocycles. The molecule has 0 aliphatic carbocycles. The second kappa shape index (κ2) is 13.4. The van der Waals surface area contributed by atoms with Crippen LogP contribution in [0, 0.1) is 0 Å². The summed E-state index contributed by atoms with van der Waals surface area (Å²) in [5, 5.41) is 0. The van der Waals surface area contributed by atoms with Gasteiger partial charge in [-0.3, -0.25) is 4.52 Å². The summed E-state index contributed by atoms with van der Waals surface area (Å²) < 4.78 is 35.6. The van der Waals surface area contributed by atoms with E-state index in [1.54, 1.807) is 6.08 Å². The van der Waals surface area contributed by atoms with Crippen molar-refractivity contribution in [2.45, 2.75) is 52.1 Å². The molecule has 0 aliphatic heterocycles. The standard InChI is InChI=1S/C18H30O8P2/c1-17(13-15-25-28(22,23)26-27(19,20)21)10-6-3-2-4-9-14-24-16-18-11-7-5-8-12-18/h5,7-8,11-13H,2-4,6,9-10,14-16H2,1H3,(H,22,23)(H2,19,20,21). The molecule has 0 radical (unpaired) electrons. The first kappa shape index (κ1) is 25.2. The Kier molecular flexibility index (Phi) is 12.1. The molecule has 0 aliphatic rings. The fourth-order valence-corrected chi connectivity index (χ4v) is 3.96. The Bertz CT molecular complexity index is 671. The molecule has 0 heterocycles. The van der Waals surface area contributed by atoms with Crippen molar-refractivity contribution < 1.29 is 37.4 Å². The van der Waals surface area contributed by atoms with Crippen LogP contribution in [-0.4, -0.2) is 27.9 Å². The number of hydrogen-bond donors (Lipinski definition) is 3. The highest BCUT2D eigenvalue weighted by Gasteiger charge is 2.31. The molecule has 0 bridgehead atoms. The van der Waals surface area contributed by atoms with Crippen LogP contribution in [0.2, 0.25) is 0 Å². The van der Waals surface area contributed by atoms with Gasteiger partial charge in [0.2, 0.25) is 0 Å². The van der Waals surface area contributed by atoms with E-state index in [1.165, 1.54) is 5.56 Å². The highest BCUT2D eigenvalue weighted by Crippen LogP contribution is 2.57. The van der Waals surface area contributed by atoms with Crippen molar-refractivity contribution in [3.63, 3.8) is 0 Å². The van der Waals surface area contributed by atoms with Crippen LogP contribution in [-0.2, 0) is 29.3 Å². The van der Waals surface area contributed by atoms with Crippen LogP contribution >= 0.6 is 15.6 Å². The van der Waals surface area contributed by atoms with E-state index < -0.39 is 15.6 Å². The van der Waals surface area contributed by atoms with Gasteiger partial charge >= 0.3 is 15.6 Å². The minimum Gasteiger partial charge on any atom is -0.377 e. The molecule has 1 aromatic rings. The van der Waals surface area contributed by atoms with Gasteiger partial charge in [-0.1, -0.05) is 61.2 Å². The van der Waals surface area contributed by atoms with Crippen molar-refractivity contribution in [2.24, 2.45) is 0 Å². The first-order valence-electron chi connectivity index (χ1n) is 9.19. The fraction of sp³-hybridized carbons (Fsp3) is 0.556. The predicted octanol–water partition coefficient (Wildman–Crippen LogP) is 4.72. The van der Waals surface area contributed by atoms with E-state index in [1.807, 2.05) is 37.3 Å². The summed E-state index contributed by atoms with van der Waals surface area (Å²) in [6, 6.07) is 10.1. The second-order valence-electron chi connectivity index (χ2n) is 6.44. The molecule has 1 unspecified atom stereocenters. The Balaban J connectivity index is 2.01. The van der Waals surface area contributed by atoms with E-state index in [-0.39, 0.29) is 6.61 Å². The maximum Gasteiger partial charge on any atom is 0.481 e. The number of rotatable bonds is 15. The van der Waals surface area contributed by atoms with Gasteiger partial charge < -0.3 is 19.4 Å². The summed E-state index contributed by atoms with van der Waals surface area (Å²) >= 11 is 0. The van der Waals surface area contributed by atoms with Gasteiger partial charge in [0.05, 0.1) is 13.2 Å². The summed E-state index contributed by atoms with van der Waals surface area (Å²) in [4.78, 5) is 26.1. The zero-order chi connectivity index (χ0) is 20.9. The Morgan fingerprint density at radius 2 is 1.64 bits per heavy atom. The lowest BCUT2D eigenvalue weighted by molar-refractivity contribution is 0.116. The number of unbranched alkanes of at least 4 members (excludes halogenated alkanes) is 4. The van der Waals surface area contributed by atoms with Gasteiger partial charge in [-0.25, -0.2) is 9.13 Å². The smallest absolute Gasteiger partial charge is 0.377 e. The molecule has 160 valence electrons. The van der Waals surface area contributed by atoms with E-state index in [2.05, 4.69) is 8.83 Å². The molecule has 10 heteroatoms. The number of hydrogen-bond acceptors (Lipinski definition) is 5. The lowest BCUT2D eigenvalue weighted by Gasteiger charge is -2.11. The van der Waals surface area contributed by atoms with Gasteiger partial charge in [0.1, 0.15) is 0 Å². The van der Waals surface area contributed by atoms with Crippen LogP contribution in [0.3, 0.4) is 0 Å². The summed E-state index contributed by atoms with van der Waals surface area (Å²) in [5.74, 6) is 0. The van der Waals surface area contributed by atoms with Crippen LogP contribution in [0.25, 0.3) is 0 Å². The average Bonchev–Trinajstić information content (AvgIpc) is 2.59. The van der Waals surface area contributed by atoms with Crippen LogP contribution < -0.4 is 0 Å². The van der Waals surface area contributed by atoms with Gasteiger partial charge in [0.25, 0.3) is 0 Å². The van der Waals surface area contributed by atoms with Crippen LogP contribution in [0.15, 0.2) is 42.0 Å². The molecule has 8 nitrogen and oxygen atoms in total. The fourth-order valence-electron chi connectivity index (χ4n) is 2.44. The van der Waals surface area contributed by atoms with Crippen molar-refractivity contribution in [1.82, 2.24) is 0 Å². The van der Waals surface area contributed by atoms with E-state index in [0.29, 0.717) is 6.61 Å². The molecule has 0 spiro atoms. The highest BCUT2D eigenvalue weighted by atomic mass is 31.3. The van der Waals surface area contributed by atoms with Gasteiger partial charge in [0, 0.05) is 6.61 Å². The van der Waals surface area contributed by atoms with Crippen LogP contribution in [0.4, 0.5) is 0 Å². The molecule has 0 fully saturated rings. The van der Waals surface area contributed by atoms with E-state index in [9.17, 15) is 9.13 Å². The largest absolute Gasteiger partial charge is 0.481 e. The average molecular weight is 436 g/mol. The highest BCUT2D eigenvalue weighted by molar-refractivity contribution is 7.60. The van der Waals surface area contributed by atoms with E-state index in [0.717, 1.165) is 50.7 Å². The Morgan fingerprint density at radius 3 is 2.32 bits per heavy atom. The molecule has 28 heavy (non-hydrogen) atoms. The molecular weight excluding hydrogens is 406 g/mol. The van der Waals surface area contributed by atoms with Gasteiger partial charge in [-0.15, -0.1) is 0 Å². The molecule has 1 aromatic carbocycles. The molecule has 0 saturated heterocycles. The molecule has 0 amide bonds. The number of phosphoric acid groups is 2. The number of benzene rings is 1. The minimum absolute atomic E-state index is 0.252. The maximum atomic E-state index is 11.3. The summed E-state index contributed by atoms with van der Waals surface area (Å²) in [7, 11) is -9.83. The van der Waals surface area contributed by atoms with Crippen molar-refractivity contribution in [3.05, 3.63) is 47.5 Å². The third kappa shape index (κ3) is 14.2. The van der Waals surface area contributed by atoms with Gasteiger partial charge in [0.15, 0.2) is 0 Å². The van der Waals surface area contributed by atoms with Crippen molar-refractivity contribution in [2.75, 3.05) is 13.2 Å². The van der Waals surface area contributed by atoms with E-state index >= 15 is 0 Å². The zero-order valence-corrected chi connectivity index (χ0v) is 17.9. The third-order valence-corrected chi connectivity index (χ3v) is 6.00. The summed E-state index contributed by atoms with van der Waals surface area (Å²) in [5.41, 5.74) is 2.15. The Hall–Kier alpha value is -0.820. The van der Waals surface area contributed by atoms with Crippen molar-refractivity contribution in [3.8, 4) is 0 Å². The van der Waals surface area contributed by atoms with E-state index in [4.69, 9.17) is 19.4 Å². The lowest BCUT2D eigenvalue weighted by atomic mass is 10.1. The Morgan fingerprint density at radius 1 is 1.00 bits per heavy atom. The number of ether oxygens (including phenoxy) is 1. The first-order chi connectivity index (χ1) is 13.2. The summed E-state index contributed by atoms with van der Waals surface area (Å²) in [6.45, 7) is 3.02. The lowest BCUT2D eigenvalue weighted by Crippen LogP contribution is -1.95. The molecule has 1 rings (SSSR count). The first-order valence-corrected chi connectivity index (χ1v) is 12.2. The SMILES string of the molecule is CC(=CCOP(=O)(O)OP(=O)(O)O)CCCCCCCOCc1ccccc1. The second-order valence-corrected chi connectivity index (χ2v) is 9.27. The predicted molar refractivity (Wildman–Crippen MR) is 106 cm³/mol. The minimum atomic E-state index is -5.07. The topological polar surface area (TPSA) is 123 Å². The number of phosphoric ester groups is 1. The molecule has 3 N–H and O–H groups in total. The molecule has 1 atom stereocenters. The van der Waals surface area contributed by atoms with Gasteiger partial charge in [-0.05, 0) is 31.7 Å².